The van der Waals surface area contributed by atoms with Gasteiger partial charge in [0.25, 0.3) is 0 Å². The number of hydrogen-bond acceptors (Lipinski definition) is 4. The molecule has 0 unspecified atom stereocenters. The maximum absolute atomic E-state index is 12.4. The molecule has 7 nitrogen and oxygen atoms in total. The molecule has 0 radical (unpaired) electrons. The van der Waals surface area contributed by atoms with Gasteiger partial charge in [0.1, 0.15) is 5.60 Å². The number of alkyl halides is 1. The Bertz CT molecular complexity index is 495. The van der Waals surface area contributed by atoms with Crippen molar-refractivity contribution < 1.29 is 19.1 Å². The van der Waals surface area contributed by atoms with Crippen LogP contribution in [-0.4, -0.2) is 71.9 Å². The third-order valence-electron chi connectivity index (χ3n) is 3.84. The molecule has 25 heavy (non-hydrogen) atoms. The Hall–Kier alpha value is -1.50. The highest BCUT2D eigenvalue weighted by molar-refractivity contribution is 6.19. The predicted molar refractivity (Wildman–Crippen MR) is 96.5 cm³/mol. The van der Waals surface area contributed by atoms with E-state index in [9.17, 15) is 14.4 Å². The van der Waals surface area contributed by atoms with Crippen molar-refractivity contribution in [2.45, 2.75) is 46.6 Å². The van der Waals surface area contributed by atoms with Crippen LogP contribution in [0.3, 0.4) is 0 Å². The molecule has 0 bridgehead atoms. The summed E-state index contributed by atoms with van der Waals surface area (Å²) in [4.78, 5) is 39.6. The lowest BCUT2D eigenvalue weighted by Crippen LogP contribution is -2.54. The fourth-order valence-corrected chi connectivity index (χ4v) is 2.50. The molecule has 1 fully saturated rings. The number of nitrogens with one attached hydrogen (secondary N) is 1. The Morgan fingerprint density at radius 1 is 1.00 bits per heavy atom. The van der Waals surface area contributed by atoms with Gasteiger partial charge in [0.2, 0.25) is 11.8 Å². The summed E-state index contributed by atoms with van der Waals surface area (Å²) in [6.07, 6.45) is -0.320. The van der Waals surface area contributed by atoms with Crippen LogP contribution in [0.1, 0.15) is 41.0 Å². The first kappa shape index (κ1) is 21.5. The molecule has 1 aliphatic heterocycles. The summed E-state index contributed by atoms with van der Waals surface area (Å²) < 4.78 is 5.12. The summed E-state index contributed by atoms with van der Waals surface area (Å²) in [6.45, 7) is 11.2. The molecule has 0 aromatic heterocycles. The fourth-order valence-electron chi connectivity index (χ4n) is 2.39. The third kappa shape index (κ3) is 7.10. The largest absolute Gasteiger partial charge is 0.444 e. The first-order valence-electron chi connectivity index (χ1n) is 8.56. The highest BCUT2D eigenvalue weighted by Crippen LogP contribution is 2.21. The maximum Gasteiger partial charge on any atom is 0.407 e. The normalized spacial score (nSPS) is 15.8. The van der Waals surface area contributed by atoms with Gasteiger partial charge in [0.15, 0.2) is 0 Å². The minimum atomic E-state index is -0.592. The summed E-state index contributed by atoms with van der Waals surface area (Å²) >= 11 is 5.85. The van der Waals surface area contributed by atoms with E-state index in [0.717, 1.165) is 0 Å². The molecule has 0 spiro atoms. The number of carbonyl (C=O) groups is 3. The second-order valence-electron chi connectivity index (χ2n) is 7.87. The van der Waals surface area contributed by atoms with Crippen molar-refractivity contribution >= 4 is 29.5 Å². The van der Waals surface area contributed by atoms with E-state index in [2.05, 4.69) is 5.32 Å². The van der Waals surface area contributed by atoms with E-state index in [1.165, 1.54) is 0 Å². The summed E-state index contributed by atoms with van der Waals surface area (Å²) in [5, 5.41) is 2.58. The quantitative estimate of drug-likeness (QED) is 0.743. The number of halogens is 1. The summed E-state index contributed by atoms with van der Waals surface area (Å²) in [5.74, 6) is 0.238. The third-order valence-corrected chi connectivity index (χ3v) is 4.51. The zero-order chi connectivity index (χ0) is 19.3. The lowest BCUT2D eigenvalue weighted by atomic mass is 9.94. The van der Waals surface area contributed by atoms with Crippen molar-refractivity contribution in [1.82, 2.24) is 15.1 Å². The molecule has 1 saturated heterocycles. The zero-order valence-electron chi connectivity index (χ0n) is 15.9. The van der Waals surface area contributed by atoms with Crippen LogP contribution in [-0.2, 0) is 14.3 Å². The highest BCUT2D eigenvalue weighted by atomic mass is 35.5. The Kier molecular flexibility index (Phi) is 7.53. The minimum Gasteiger partial charge on any atom is -0.444 e. The van der Waals surface area contributed by atoms with E-state index in [1.807, 2.05) is 13.8 Å². The molecule has 0 saturated carbocycles. The molecule has 0 aromatic rings. The molecule has 8 heteroatoms. The van der Waals surface area contributed by atoms with Crippen molar-refractivity contribution in [2.75, 3.05) is 38.6 Å². The van der Waals surface area contributed by atoms with E-state index >= 15 is 0 Å². The lowest BCUT2D eigenvalue weighted by molar-refractivity contribution is -0.144. The van der Waals surface area contributed by atoms with Crippen LogP contribution in [0.2, 0.25) is 0 Å². The Morgan fingerprint density at radius 2 is 1.52 bits per heavy atom. The number of ether oxygens (including phenoxy) is 1. The van der Waals surface area contributed by atoms with Crippen molar-refractivity contribution in [3.63, 3.8) is 0 Å². The van der Waals surface area contributed by atoms with Crippen LogP contribution in [0, 0.1) is 5.41 Å². The lowest BCUT2D eigenvalue weighted by Gasteiger charge is -2.38. The standard InChI is InChI=1S/C17H30ClN3O4/c1-16(2,3)25-15(24)19-7-6-13(22)20-8-10-21(11-9-20)14(23)17(4,5)12-18/h6-12H2,1-5H3,(H,19,24). The topological polar surface area (TPSA) is 79.0 Å². The van der Waals surface area contributed by atoms with E-state index < -0.39 is 17.1 Å². The van der Waals surface area contributed by atoms with Crippen LogP contribution < -0.4 is 5.32 Å². The molecule has 1 heterocycles. The van der Waals surface area contributed by atoms with Gasteiger partial charge in [-0.15, -0.1) is 11.6 Å². The monoisotopic (exact) mass is 375 g/mol. The minimum absolute atomic E-state index is 0.0150. The molecule has 0 aliphatic carbocycles. The number of piperazine rings is 1. The molecule has 1 N–H and O–H groups in total. The first-order chi connectivity index (χ1) is 11.5. The molecular weight excluding hydrogens is 346 g/mol. The first-order valence-corrected chi connectivity index (χ1v) is 9.10. The van der Waals surface area contributed by atoms with Crippen LogP contribution in [0.25, 0.3) is 0 Å². The highest BCUT2D eigenvalue weighted by Gasteiger charge is 2.33. The maximum atomic E-state index is 12.4. The number of rotatable bonds is 5. The summed E-state index contributed by atoms with van der Waals surface area (Å²) in [7, 11) is 0. The summed E-state index contributed by atoms with van der Waals surface area (Å²) in [5.41, 5.74) is -1.15. The number of carbonyl (C=O) groups excluding carboxylic acids is 3. The van der Waals surface area contributed by atoms with Gasteiger partial charge in [-0.05, 0) is 34.6 Å². The van der Waals surface area contributed by atoms with E-state index in [4.69, 9.17) is 16.3 Å². The molecule has 0 atom stereocenters. The van der Waals surface area contributed by atoms with Gasteiger partial charge in [-0.2, -0.15) is 0 Å². The Morgan fingerprint density at radius 3 is 2.00 bits per heavy atom. The Labute approximate surface area is 155 Å². The van der Waals surface area contributed by atoms with E-state index in [-0.39, 0.29) is 30.7 Å². The van der Waals surface area contributed by atoms with Crippen LogP contribution in [0.5, 0.6) is 0 Å². The van der Waals surface area contributed by atoms with Crippen LogP contribution in [0.4, 0.5) is 4.79 Å². The van der Waals surface area contributed by atoms with E-state index in [0.29, 0.717) is 26.2 Å². The Balaban J connectivity index is 2.34. The number of amides is 3. The van der Waals surface area contributed by atoms with Crippen LogP contribution >= 0.6 is 11.6 Å². The number of nitrogens with zero attached hydrogens (tertiary/aromatic N) is 2. The smallest absolute Gasteiger partial charge is 0.407 e. The number of alkyl carbamates (subject to hydrolysis) is 1. The van der Waals surface area contributed by atoms with Gasteiger partial charge < -0.3 is 19.9 Å². The molecule has 0 aromatic carbocycles. The average molecular weight is 376 g/mol. The SMILES string of the molecule is CC(C)(C)OC(=O)NCCC(=O)N1CCN(C(=O)C(C)(C)CCl)CC1. The molecule has 1 aliphatic rings. The molecular formula is C17H30ClN3O4. The molecule has 1 rings (SSSR count). The van der Waals surface area contributed by atoms with Gasteiger partial charge in [-0.25, -0.2) is 4.79 Å². The van der Waals surface area contributed by atoms with Gasteiger partial charge >= 0.3 is 6.09 Å². The molecule has 144 valence electrons. The van der Waals surface area contributed by atoms with Crippen molar-refractivity contribution in [1.29, 1.82) is 0 Å². The summed E-state index contributed by atoms with van der Waals surface area (Å²) in [6, 6.07) is 0. The zero-order valence-corrected chi connectivity index (χ0v) is 16.6. The van der Waals surface area contributed by atoms with Crippen molar-refractivity contribution in [2.24, 2.45) is 5.41 Å². The second kappa shape index (κ2) is 8.74. The van der Waals surface area contributed by atoms with Gasteiger partial charge in [0.05, 0.1) is 5.41 Å². The van der Waals surface area contributed by atoms with Gasteiger partial charge in [-0.3, -0.25) is 9.59 Å². The van der Waals surface area contributed by atoms with Gasteiger partial charge in [0, 0.05) is 45.0 Å². The van der Waals surface area contributed by atoms with Crippen molar-refractivity contribution in [3.05, 3.63) is 0 Å². The fraction of sp³-hybridized carbons (Fsp3) is 0.824. The predicted octanol–water partition coefficient (Wildman–Crippen LogP) is 1.84. The molecule has 3 amide bonds. The van der Waals surface area contributed by atoms with Gasteiger partial charge in [-0.1, -0.05) is 0 Å². The van der Waals surface area contributed by atoms with Crippen molar-refractivity contribution in [3.8, 4) is 0 Å². The average Bonchev–Trinajstić information content (AvgIpc) is 2.52. The second-order valence-corrected chi connectivity index (χ2v) is 8.14. The number of hydrogen-bond donors (Lipinski definition) is 1. The van der Waals surface area contributed by atoms with E-state index in [1.54, 1.807) is 30.6 Å². The van der Waals surface area contributed by atoms with Crippen LogP contribution in [0.15, 0.2) is 0 Å².